The van der Waals surface area contributed by atoms with Crippen molar-refractivity contribution in [1.82, 2.24) is 0 Å². The fourth-order valence-electron chi connectivity index (χ4n) is 1.62. The summed E-state index contributed by atoms with van der Waals surface area (Å²) in [7, 11) is -0.879. The Labute approximate surface area is 101 Å². The summed E-state index contributed by atoms with van der Waals surface area (Å²) in [4.78, 5) is 0. The summed E-state index contributed by atoms with van der Waals surface area (Å²) in [6, 6.07) is 8.20. The van der Waals surface area contributed by atoms with Crippen LogP contribution in [0.15, 0.2) is 24.3 Å². The molecule has 3 unspecified atom stereocenters. The molecule has 0 aliphatic heterocycles. The van der Waals surface area contributed by atoms with Gasteiger partial charge < -0.3 is 5.73 Å². The SMILES string of the molecule is CCC(N)C(C)S(=O)Cc1cccc(C)c1. The number of hydrogen-bond acceptors (Lipinski definition) is 2. The smallest absolute Gasteiger partial charge is 0.0489 e. The van der Waals surface area contributed by atoms with Crippen molar-refractivity contribution in [2.24, 2.45) is 5.73 Å². The van der Waals surface area contributed by atoms with E-state index in [1.165, 1.54) is 5.56 Å². The molecular weight excluding hydrogens is 218 g/mol. The van der Waals surface area contributed by atoms with Crippen molar-refractivity contribution in [2.45, 2.75) is 44.2 Å². The maximum absolute atomic E-state index is 12.1. The van der Waals surface area contributed by atoms with Crippen molar-refractivity contribution in [2.75, 3.05) is 0 Å². The zero-order valence-corrected chi connectivity index (χ0v) is 11.1. The molecule has 0 aliphatic rings. The van der Waals surface area contributed by atoms with Gasteiger partial charge in [-0.05, 0) is 25.8 Å². The Morgan fingerprint density at radius 2 is 2.12 bits per heavy atom. The molecule has 1 aromatic rings. The lowest BCUT2D eigenvalue weighted by atomic mass is 10.2. The van der Waals surface area contributed by atoms with E-state index in [0.29, 0.717) is 5.75 Å². The van der Waals surface area contributed by atoms with Gasteiger partial charge in [-0.3, -0.25) is 4.21 Å². The molecule has 0 fully saturated rings. The van der Waals surface area contributed by atoms with Crippen LogP contribution in [0.3, 0.4) is 0 Å². The third-order valence-corrected chi connectivity index (χ3v) is 4.68. The van der Waals surface area contributed by atoms with Crippen LogP contribution in [-0.2, 0) is 16.6 Å². The second-order valence-electron chi connectivity index (χ2n) is 4.29. The van der Waals surface area contributed by atoms with Crippen LogP contribution in [0.1, 0.15) is 31.4 Å². The molecule has 0 saturated heterocycles. The van der Waals surface area contributed by atoms with Gasteiger partial charge in [-0.1, -0.05) is 36.8 Å². The molecule has 2 N–H and O–H groups in total. The van der Waals surface area contributed by atoms with Crippen molar-refractivity contribution < 1.29 is 4.21 Å². The van der Waals surface area contributed by atoms with E-state index in [9.17, 15) is 4.21 Å². The molecule has 3 heteroatoms. The summed E-state index contributed by atoms with van der Waals surface area (Å²) in [5, 5.41) is 0.0607. The van der Waals surface area contributed by atoms with Gasteiger partial charge in [0.05, 0.1) is 0 Å². The molecule has 1 rings (SSSR count). The second kappa shape index (κ2) is 6.16. The van der Waals surface area contributed by atoms with Gasteiger partial charge in [-0.25, -0.2) is 0 Å². The molecular formula is C13H21NOS. The van der Waals surface area contributed by atoms with E-state index in [2.05, 4.69) is 6.07 Å². The van der Waals surface area contributed by atoms with Gasteiger partial charge in [0.15, 0.2) is 0 Å². The van der Waals surface area contributed by atoms with E-state index in [1.54, 1.807) is 0 Å². The van der Waals surface area contributed by atoms with Crippen LogP contribution in [0, 0.1) is 6.92 Å². The number of rotatable bonds is 5. The lowest BCUT2D eigenvalue weighted by molar-refractivity contribution is 0.610. The highest BCUT2D eigenvalue weighted by Gasteiger charge is 2.17. The maximum atomic E-state index is 12.1. The minimum atomic E-state index is -0.879. The van der Waals surface area contributed by atoms with E-state index in [1.807, 2.05) is 39.0 Å². The molecule has 2 nitrogen and oxygen atoms in total. The Balaban J connectivity index is 2.64. The van der Waals surface area contributed by atoms with Crippen LogP contribution in [0.25, 0.3) is 0 Å². The molecule has 0 saturated carbocycles. The van der Waals surface area contributed by atoms with Gasteiger partial charge in [0.25, 0.3) is 0 Å². The third kappa shape index (κ3) is 3.72. The van der Waals surface area contributed by atoms with Crippen molar-refractivity contribution in [3.63, 3.8) is 0 Å². The monoisotopic (exact) mass is 239 g/mol. The minimum absolute atomic E-state index is 0.0330. The summed E-state index contributed by atoms with van der Waals surface area (Å²) in [6.45, 7) is 6.05. The molecule has 90 valence electrons. The van der Waals surface area contributed by atoms with Gasteiger partial charge in [-0.15, -0.1) is 0 Å². The molecule has 0 spiro atoms. The summed E-state index contributed by atoms with van der Waals surface area (Å²) in [5.41, 5.74) is 8.25. The van der Waals surface area contributed by atoms with E-state index in [0.717, 1.165) is 12.0 Å². The van der Waals surface area contributed by atoms with E-state index < -0.39 is 10.8 Å². The number of nitrogens with two attached hydrogens (primary N) is 1. The van der Waals surface area contributed by atoms with Crippen LogP contribution < -0.4 is 5.73 Å². The van der Waals surface area contributed by atoms with Crippen LogP contribution in [0.4, 0.5) is 0 Å². The minimum Gasteiger partial charge on any atom is -0.327 e. The van der Waals surface area contributed by atoms with Crippen LogP contribution in [0.2, 0.25) is 0 Å². The first-order valence-electron chi connectivity index (χ1n) is 5.73. The molecule has 0 radical (unpaired) electrons. The Kier molecular flexibility index (Phi) is 5.16. The van der Waals surface area contributed by atoms with Crippen molar-refractivity contribution in [1.29, 1.82) is 0 Å². The van der Waals surface area contributed by atoms with Gasteiger partial charge in [-0.2, -0.15) is 0 Å². The summed E-state index contributed by atoms with van der Waals surface area (Å²) in [6.07, 6.45) is 0.876. The maximum Gasteiger partial charge on any atom is 0.0489 e. The zero-order valence-electron chi connectivity index (χ0n) is 10.3. The molecule has 16 heavy (non-hydrogen) atoms. The Morgan fingerprint density at radius 3 is 2.69 bits per heavy atom. The van der Waals surface area contributed by atoms with Crippen LogP contribution in [-0.4, -0.2) is 15.5 Å². The Bertz CT molecular complexity index is 365. The third-order valence-electron chi connectivity index (χ3n) is 2.88. The van der Waals surface area contributed by atoms with E-state index >= 15 is 0 Å². The topological polar surface area (TPSA) is 43.1 Å². The first-order chi connectivity index (χ1) is 7.54. The summed E-state index contributed by atoms with van der Waals surface area (Å²) >= 11 is 0. The first-order valence-corrected chi connectivity index (χ1v) is 7.11. The van der Waals surface area contributed by atoms with E-state index in [4.69, 9.17) is 5.73 Å². The molecule has 0 heterocycles. The average Bonchev–Trinajstić information content (AvgIpc) is 2.27. The van der Waals surface area contributed by atoms with E-state index in [-0.39, 0.29) is 11.3 Å². The molecule has 0 amide bonds. The lowest BCUT2D eigenvalue weighted by Crippen LogP contribution is -2.35. The highest BCUT2D eigenvalue weighted by atomic mass is 32.2. The second-order valence-corrected chi connectivity index (χ2v) is 6.09. The fourth-order valence-corrected chi connectivity index (χ4v) is 2.98. The van der Waals surface area contributed by atoms with Gasteiger partial charge in [0.1, 0.15) is 0 Å². The molecule has 0 aromatic heterocycles. The highest BCUT2D eigenvalue weighted by Crippen LogP contribution is 2.12. The number of benzene rings is 1. The van der Waals surface area contributed by atoms with Crippen molar-refractivity contribution >= 4 is 10.8 Å². The standard InChI is InChI=1S/C13H21NOS/c1-4-13(14)11(3)16(15)9-12-7-5-6-10(2)8-12/h5-8,11,13H,4,9,14H2,1-3H3. The predicted octanol–water partition coefficient (Wildman–Crippen LogP) is 2.37. The van der Waals surface area contributed by atoms with Crippen LogP contribution in [0.5, 0.6) is 0 Å². The molecule has 0 aliphatic carbocycles. The predicted molar refractivity (Wildman–Crippen MR) is 70.8 cm³/mol. The van der Waals surface area contributed by atoms with Crippen molar-refractivity contribution in [3.05, 3.63) is 35.4 Å². The van der Waals surface area contributed by atoms with Crippen molar-refractivity contribution in [3.8, 4) is 0 Å². The molecule has 0 bridgehead atoms. The highest BCUT2D eigenvalue weighted by molar-refractivity contribution is 7.84. The molecule has 3 atom stereocenters. The molecule has 1 aromatic carbocycles. The Hall–Kier alpha value is -0.670. The van der Waals surface area contributed by atoms with Gasteiger partial charge in [0, 0.05) is 27.8 Å². The lowest BCUT2D eigenvalue weighted by Gasteiger charge is -2.17. The zero-order chi connectivity index (χ0) is 12.1. The normalized spacial score (nSPS) is 16.8. The van der Waals surface area contributed by atoms with Gasteiger partial charge in [0.2, 0.25) is 0 Å². The summed E-state index contributed by atoms with van der Waals surface area (Å²) in [5.74, 6) is 0.608. The Morgan fingerprint density at radius 1 is 1.44 bits per heavy atom. The summed E-state index contributed by atoms with van der Waals surface area (Å²) < 4.78 is 12.1. The number of aryl methyl sites for hydroxylation is 1. The van der Waals surface area contributed by atoms with Crippen LogP contribution >= 0.6 is 0 Å². The quantitative estimate of drug-likeness (QED) is 0.857. The fraction of sp³-hybridized carbons (Fsp3) is 0.538. The first kappa shape index (κ1) is 13.4. The number of hydrogen-bond donors (Lipinski definition) is 1. The van der Waals surface area contributed by atoms with Gasteiger partial charge >= 0.3 is 0 Å². The largest absolute Gasteiger partial charge is 0.327 e. The average molecular weight is 239 g/mol.